The summed E-state index contributed by atoms with van der Waals surface area (Å²) < 4.78 is 0. The van der Waals surface area contributed by atoms with Crippen molar-refractivity contribution in [2.75, 3.05) is 20.7 Å². The van der Waals surface area contributed by atoms with E-state index in [4.69, 9.17) is 5.11 Å². The molecule has 3 nitrogen and oxygen atoms in total. The molecule has 0 saturated carbocycles. The van der Waals surface area contributed by atoms with Crippen LogP contribution in [0.15, 0.2) is 23.9 Å². The number of aliphatic hydroxyl groups excluding tert-OH is 1. The molecule has 0 fully saturated rings. The Morgan fingerprint density at radius 2 is 2.36 bits per heavy atom. The fourth-order valence-electron chi connectivity index (χ4n) is 0.964. The van der Waals surface area contributed by atoms with Crippen molar-refractivity contribution in [2.45, 2.75) is 6.17 Å². The van der Waals surface area contributed by atoms with Crippen LogP contribution in [-0.2, 0) is 0 Å². The van der Waals surface area contributed by atoms with Crippen LogP contribution in [0.2, 0.25) is 0 Å². The van der Waals surface area contributed by atoms with Crippen LogP contribution in [0.5, 0.6) is 0 Å². The predicted octanol–water partition coefficient (Wildman–Crippen LogP) is -0.0903. The Labute approximate surface area is 67.0 Å². The van der Waals surface area contributed by atoms with Crippen LogP contribution < -0.4 is 5.32 Å². The van der Waals surface area contributed by atoms with Crippen molar-refractivity contribution in [1.82, 2.24) is 10.2 Å². The van der Waals surface area contributed by atoms with Gasteiger partial charge < -0.3 is 10.4 Å². The minimum absolute atomic E-state index is 0.114. The van der Waals surface area contributed by atoms with E-state index in [0.717, 1.165) is 5.57 Å². The molecular weight excluding hydrogens is 140 g/mol. The smallest absolute Gasteiger partial charge is 0.0983 e. The summed E-state index contributed by atoms with van der Waals surface area (Å²) in [6, 6.07) is 0. The molecule has 0 spiro atoms. The molecule has 0 aromatic heterocycles. The summed E-state index contributed by atoms with van der Waals surface area (Å²) in [6.07, 6.45) is 5.94. The molecule has 0 aromatic carbocycles. The van der Waals surface area contributed by atoms with Crippen molar-refractivity contribution >= 4 is 0 Å². The van der Waals surface area contributed by atoms with Gasteiger partial charge in [-0.15, -0.1) is 0 Å². The highest BCUT2D eigenvalue weighted by Gasteiger charge is 2.08. The Bertz CT molecular complexity index is 185. The van der Waals surface area contributed by atoms with E-state index in [0.29, 0.717) is 0 Å². The summed E-state index contributed by atoms with van der Waals surface area (Å²) in [6.45, 7) is 0.114. The lowest BCUT2D eigenvalue weighted by atomic mass is 10.2. The summed E-state index contributed by atoms with van der Waals surface area (Å²) in [5.41, 5.74) is 0.961. The zero-order valence-electron chi connectivity index (χ0n) is 6.91. The van der Waals surface area contributed by atoms with E-state index >= 15 is 0 Å². The molecular formula is C8H14N2O. The maximum absolute atomic E-state index is 8.82. The SMILES string of the molecule is CN(C)C1C=C(CO)C=CN1. The molecule has 0 aromatic rings. The number of rotatable bonds is 2. The van der Waals surface area contributed by atoms with Crippen molar-refractivity contribution in [3.8, 4) is 0 Å². The Balaban J connectivity index is 2.61. The van der Waals surface area contributed by atoms with Gasteiger partial charge in [-0.25, -0.2) is 0 Å². The van der Waals surface area contributed by atoms with Crippen LogP contribution in [0.3, 0.4) is 0 Å². The molecule has 11 heavy (non-hydrogen) atoms. The van der Waals surface area contributed by atoms with Gasteiger partial charge >= 0.3 is 0 Å². The molecule has 62 valence electrons. The van der Waals surface area contributed by atoms with E-state index in [2.05, 4.69) is 5.32 Å². The molecule has 0 bridgehead atoms. The van der Waals surface area contributed by atoms with Crippen LogP contribution in [-0.4, -0.2) is 36.9 Å². The van der Waals surface area contributed by atoms with Gasteiger partial charge in [0.15, 0.2) is 0 Å². The van der Waals surface area contributed by atoms with Gasteiger partial charge in [-0.05, 0) is 38.0 Å². The summed E-state index contributed by atoms with van der Waals surface area (Å²) in [4.78, 5) is 2.04. The maximum Gasteiger partial charge on any atom is 0.0983 e. The second-order valence-corrected chi connectivity index (χ2v) is 2.81. The minimum Gasteiger partial charge on any atom is -0.392 e. The molecule has 1 atom stereocenters. The molecule has 0 amide bonds. The van der Waals surface area contributed by atoms with Crippen molar-refractivity contribution in [3.63, 3.8) is 0 Å². The summed E-state index contributed by atoms with van der Waals surface area (Å²) in [5.74, 6) is 0. The van der Waals surface area contributed by atoms with E-state index < -0.39 is 0 Å². The largest absolute Gasteiger partial charge is 0.392 e. The highest BCUT2D eigenvalue weighted by Crippen LogP contribution is 2.04. The molecule has 1 rings (SSSR count). The zero-order valence-corrected chi connectivity index (χ0v) is 6.91. The Kier molecular flexibility index (Phi) is 2.68. The number of hydrogen-bond donors (Lipinski definition) is 2. The van der Waals surface area contributed by atoms with Gasteiger partial charge in [0.2, 0.25) is 0 Å². The average molecular weight is 154 g/mol. The minimum atomic E-state index is 0.114. The molecule has 1 aliphatic heterocycles. The van der Waals surface area contributed by atoms with Gasteiger partial charge in [0.1, 0.15) is 0 Å². The Morgan fingerprint density at radius 1 is 1.64 bits per heavy atom. The highest BCUT2D eigenvalue weighted by molar-refractivity contribution is 5.24. The van der Waals surface area contributed by atoms with Crippen LogP contribution >= 0.6 is 0 Å². The molecule has 1 aliphatic rings. The van der Waals surface area contributed by atoms with Gasteiger partial charge in [0.25, 0.3) is 0 Å². The van der Waals surface area contributed by atoms with Crippen LogP contribution in [0, 0.1) is 0 Å². The quantitative estimate of drug-likeness (QED) is 0.583. The third-order valence-electron chi connectivity index (χ3n) is 1.68. The van der Waals surface area contributed by atoms with Crippen LogP contribution in [0.1, 0.15) is 0 Å². The summed E-state index contributed by atoms with van der Waals surface area (Å²) in [5, 5.41) is 12.0. The van der Waals surface area contributed by atoms with Gasteiger partial charge in [0, 0.05) is 0 Å². The molecule has 0 saturated heterocycles. The van der Waals surface area contributed by atoms with Crippen molar-refractivity contribution in [3.05, 3.63) is 23.9 Å². The van der Waals surface area contributed by atoms with E-state index in [1.165, 1.54) is 0 Å². The third kappa shape index (κ3) is 2.06. The van der Waals surface area contributed by atoms with Crippen molar-refractivity contribution < 1.29 is 5.11 Å². The van der Waals surface area contributed by atoms with E-state index in [1.54, 1.807) is 0 Å². The second kappa shape index (κ2) is 3.55. The highest BCUT2D eigenvalue weighted by atomic mass is 16.3. The first-order valence-corrected chi connectivity index (χ1v) is 3.64. The van der Waals surface area contributed by atoms with Crippen molar-refractivity contribution in [1.29, 1.82) is 0 Å². The standard InChI is InChI=1S/C8H14N2O/c1-10(2)8-5-7(6-11)3-4-9-8/h3-5,8-9,11H,6H2,1-2H3. The second-order valence-electron chi connectivity index (χ2n) is 2.81. The third-order valence-corrected chi connectivity index (χ3v) is 1.68. The predicted molar refractivity (Wildman–Crippen MR) is 44.9 cm³/mol. The number of nitrogens with zero attached hydrogens (tertiary/aromatic N) is 1. The molecule has 2 N–H and O–H groups in total. The zero-order chi connectivity index (χ0) is 8.27. The summed E-state index contributed by atoms with van der Waals surface area (Å²) in [7, 11) is 3.98. The number of nitrogens with one attached hydrogen (secondary N) is 1. The van der Waals surface area contributed by atoms with E-state index in [-0.39, 0.29) is 12.8 Å². The molecule has 3 heteroatoms. The first-order valence-electron chi connectivity index (χ1n) is 3.64. The van der Waals surface area contributed by atoms with Crippen LogP contribution in [0.4, 0.5) is 0 Å². The van der Waals surface area contributed by atoms with Crippen LogP contribution in [0.25, 0.3) is 0 Å². The number of hydrogen-bond acceptors (Lipinski definition) is 3. The van der Waals surface area contributed by atoms with Crippen molar-refractivity contribution in [2.24, 2.45) is 0 Å². The van der Waals surface area contributed by atoms with Gasteiger partial charge in [-0.2, -0.15) is 0 Å². The Morgan fingerprint density at radius 3 is 2.91 bits per heavy atom. The monoisotopic (exact) mass is 154 g/mol. The van der Waals surface area contributed by atoms with E-state index in [1.807, 2.05) is 37.3 Å². The summed E-state index contributed by atoms with van der Waals surface area (Å²) >= 11 is 0. The van der Waals surface area contributed by atoms with Gasteiger partial charge in [-0.1, -0.05) is 0 Å². The number of likely N-dealkylation sites (N-methyl/N-ethyl adjacent to an activating group) is 1. The average Bonchev–Trinajstić information content (AvgIpc) is 2.05. The first-order chi connectivity index (χ1) is 5.24. The maximum atomic E-state index is 8.82. The number of aliphatic hydroxyl groups is 1. The lowest BCUT2D eigenvalue weighted by molar-refractivity contribution is 0.303. The lowest BCUT2D eigenvalue weighted by Gasteiger charge is -2.24. The molecule has 1 unspecified atom stereocenters. The molecule has 0 aliphatic carbocycles. The Hall–Kier alpha value is -0.800. The lowest BCUT2D eigenvalue weighted by Crippen LogP contribution is -2.38. The first kappa shape index (κ1) is 8.30. The normalized spacial score (nSPS) is 23.3. The molecule has 0 radical (unpaired) electrons. The van der Waals surface area contributed by atoms with Gasteiger partial charge in [-0.3, -0.25) is 4.90 Å². The fraction of sp³-hybridized carbons (Fsp3) is 0.500. The van der Waals surface area contributed by atoms with Gasteiger partial charge in [0.05, 0.1) is 12.8 Å². The molecule has 1 heterocycles. The number of dihydropyridines is 1. The van der Waals surface area contributed by atoms with E-state index in [9.17, 15) is 0 Å². The topological polar surface area (TPSA) is 35.5 Å². The fourth-order valence-corrected chi connectivity index (χ4v) is 0.964.